The van der Waals surface area contributed by atoms with Crippen molar-refractivity contribution in [2.75, 3.05) is 5.73 Å². The molecular formula is C17H25N3. The van der Waals surface area contributed by atoms with Crippen LogP contribution in [0.3, 0.4) is 0 Å². The number of anilines is 1. The van der Waals surface area contributed by atoms with Crippen LogP contribution in [-0.2, 0) is 6.54 Å². The highest BCUT2D eigenvalue weighted by atomic mass is 15.1. The van der Waals surface area contributed by atoms with Crippen LogP contribution in [0, 0.1) is 13.8 Å². The zero-order valence-electron chi connectivity index (χ0n) is 13.2. The Morgan fingerprint density at radius 1 is 1.25 bits per heavy atom. The monoisotopic (exact) mass is 271 g/mol. The van der Waals surface area contributed by atoms with Crippen LogP contribution in [0.2, 0.25) is 0 Å². The van der Waals surface area contributed by atoms with Gasteiger partial charge in [-0.1, -0.05) is 38.5 Å². The maximum absolute atomic E-state index is 6.38. The van der Waals surface area contributed by atoms with Gasteiger partial charge in [0.25, 0.3) is 0 Å². The van der Waals surface area contributed by atoms with E-state index >= 15 is 0 Å². The van der Waals surface area contributed by atoms with Crippen molar-refractivity contribution < 1.29 is 0 Å². The molecule has 3 nitrogen and oxygen atoms in total. The van der Waals surface area contributed by atoms with Crippen molar-refractivity contribution in [3.8, 4) is 11.3 Å². The summed E-state index contributed by atoms with van der Waals surface area (Å²) in [5, 5.41) is 0. The summed E-state index contributed by atoms with van der Waals surface area (Å²) < 4.78 is 2.17. The molecule has 0 aliphatic carbocycles. The number of rotatable bonds is 4. The lowest BCUT2D eigenvalue weighted by Crippen LogP contribution is -2.08. The lowest BCUT2D eigenvalue weighted by molar-refractivity contribution is 0.616. The molecule has 0 fully saturated rings. The molecule has 0 unspecified atom stereocenters. The molecule has 2 N–H and O–H groups in total. The number of hydrogen-bond acceptors (Lipinski definition) is 2. The Morgan fingerprint density at radius 2 is 1.95 bits per heavy atom. The minimum Gasteiger partial charge on any atom is -0.383 e. The van der Waals surface area contributed by atoms with Gasteiger partial charge in [0.1, 0.15) is 17.3 Å². The predicted molar refractivity (Wildman–Crippen MR) is 85.9 cm³/mol. The second-order valence-electron chi connectivity index (χ2n) is 5.83. The molecule has 0 aliphatic heterocycles. The Bertz CT molecular complexity index is 609. The number of benzene rings is 1. The number of imidazole rings is 1. The summed E-state index contributed by atoms with van der Waals surface area (Å²) in [4.78, 5) is 4.84. The third-order valence-electron chi connectivity index (χ3n) is 3.65. The second kappa shape index (κ2) is 5.70. The van der Waals surface area contributed by atoms with Crippen molar-refractivity contribution in [2.45, 2.75) is 53.5 Å². The smallest absolute Gasteiger partial charge is 0.131 e. The molecule has 0 atom stereocenters. The van der Waals surface area contributed by atoms with E-state index in [4.69, 9.17) is 10.7 Å². The molecule has 2 rings (SSSR count). The molecule has 0 saturated carbocycles. The van der Waals surface area contributed by atoms with Crippen molar-refractivity contribution in [1.29, 1.82) is 0 Å². The fourth-order valence-corrected chi connectivity index (χ4v) is 2.57. The Morgan fingerprint density at radius 3 is 2.55 bits per heavy atom. The van der Waals surface area contributed by atoms with Gasteiger partial charge in [0, 0.05) is 18.0 Å². The van der Waals surface area contributed by atoms with Crippen LogP contribution in [0.25, 0.3) is 11.3 Å². The average molecular weight is 271 g/mol. The second-order valence-corrected chi connectivity index (χ2v) is 5.83. The standard InChI is InChI=1S/C17H25N3/c1-6-9-20-16(18)15(19-17(20)11(2)3)14-10-12(4)7-8-13(14)5/h7-8,10-11H,6,9,18H2,1-5H3. The van der Waals surface area contributed by atoms with E-state index in [2.05, 4.69) is 57.4 Å². The van der Waals surface area contributed by atoms with Crippen molar-refractivity contribution in [1.82, 2.24) is 9.55 Å². The zero-order chi connectivity index (χ0) is 14.9. The lowest BCUT2D eigenvalue weighted by Gasteiger charge is -2.10. The first-order valence-corrected chi connectivity index (χ1v) is 7.39. The highest BCUT2D eigenvalue weighted by Crippen LogP contribution is 2.32. The minimum absolute atomic E-state index is 0.378. The van der Waals surface area contributed by atoms with E-state index in [0.29, 0.717) is 5.92 Å². The molecule has 20 heavy (non-hydrogen) atoms. The number of aryl methyl sites for hydroxylation is 2. The maximum Gasteiger partial charge on any atom is 0.131 e. The van der Waals surface area contributed by atoms with Crippen LogP contribution in [0.5, 0.6) is 0 Å². The molecule has 0 radical (unpaired) electrons. The highest BCUT2D eigenvalue weighted by Gasteiger charge is 2.18. The Kier molecular flexibility index (Phi) is 4.17. The van der Waals surface area contributed by atoms with Gasteiger partial charge in [-0.15, -0.1) is 0 Å². The predicted octanol–water partition coefficient (Wildman–Crippen LogP) is 4.28. The minimum atomic E-state index is 0.378. The molecule has 0 amide bonds. The van der Waals surface area contributed by atoms with Crippen LogP contribution < -0.4 is 5.73 Å². The fraction of sp³-hybridized carbons (Fsp3) is 0.471. The van der Waals surface area contributed by atoms with E-state index in [-0.39, 0.29) is 0 Å². The van der Waals surface area contributed by atoms with E-state index < -0.39 is 0 Å². The highest BCUT2D eigenvalue weighted by molar-refractivity contribution is 5.74. The van der Waals surface area contributed by atoms with E-state index in [0.717, 1.165) is 35.9 Å². The molecule has 1 heterocycles. The van der Waals surface area contributed by atoms with Crippen LogP contribution in [0.4, 0.5) is 5.82 Å². The summed E-state index contributed by atoms with van der Waals surface area (Å²) >= 11 is 0. The molecule has 108 valence electrons. The topological polar surface area (TPSA) is 43.8 Å². The van der Waals surface area contributed by atoms with Crippen molar-refractivity contribution in [3.63, 3.8) is 0 Å². The molecule has 0 aliphatic rings. The molecule has 0 saturated heterocycles. The zero-order valence-corrected chi connectivity index (χ0v) is 13.2. The third-order valence-corrected chi connectivity index (χ3v) is 3.65. The van der Waals surface area contributed by atoms with E-state index in [1.54, 1.807) is 0 Å². The first-order chi connectivity index (χ1) is 9.45. The molecule has 3 heteroatoms. The summed E-state index contributed by atoms with van der Waals surface area (Å²) in [5.41, 5.74) is 10.9. The van der Waals surface area contributed by atoms with Gasteiger partial charge in [-0.2, -0.15) is 0 Å². The van der Waals surface area contributed by atoms with Crippen molar-refractivity contribution in [2.24, 2.45) is 0 Å². The molecule has 2 aromatic rings. The fourth-order valence-electron chi connectivity index (χ4n) is 2.57. The summed E-state index contributed by atoms with van der Waals surface area (Å²) in [5.74, 6) is 2.26. The third kappa shape index (κ3) is 2.58. The van der Waals surface area contributed by atoms with Gasteiger partial charge < -0.3 is 10.3 Å². The molecular weight excluding hydrogens is 246 g/mol. The van der Waals surface area contributed by atoms with Gasteiger partial charge in [-0.05, 0) is 31.9 Å². The molecule has 1 aromatic heterocycles. The summed E-state index contributed by atoms with van der Waals surface area (Å²) in [6.07, 6.45) is 1.06. The molecule has 0 bridgehead atoms. The molecule has 0 spiro atoms. The lowest BCUT2D eigenvalue weighted by atomic mass is 10.0. The summed E-state index contributed by atoms with van der Waals surface area (Å²) in [7, 11) is 0. The molecule has 1 aromatic carbocycles. The maximum atomic E-state index is 6.38. The number of nitrogens with zero attached hydrogens (tertiary/aromatic N) is 2. The number of nitrogen functional groups attached to an aromatic ring is 1. The SMILES string of the molecule is CCCn1c(C(C)C)nc(-c2cc(C)ccc2C)c1N. The summed E-state index contributed by atoms with van der Waals surface area (Å²) in [6.45, 7) is 11.6. The van der Waals surface area contributed by atoms with Gasteiger partial charge >= 0.3 is 0 Å². The largest absolute Gasteiger partial charge is 0.383 e. The number of aromatic nitrogens is 2. The van der Waals surface area contributed by atoms with E-state index in [1.807, 2.05) is 0 Å². The van der Waals surface area contributed by atoms with Gasteiger partial charge in [-0.3, -0.25) is 0 Å². The number of hydrogen-bond donors (Lipinski definition) is 1. The number of nitrogens with two attached hydrogens (primary N) is 1. The Labute approximate surface area is 121 Å². The first kappa shape index (κ1) is 14.6. The van der Waals surface area contributed by atoms with Gasteiger partial charge in [0.15, 0.2) is 0 Å². The van der Waals surface area contributed by atoms with Crippen LogP contribution in [0.15, 0.2) is 18.2 Å². The van der Waals surface area contributed by atoms with Crippen molar-refractivity contribution >= 4 is 5.82 Å². The van der Waals surface area contributed by atoms with Crippen LogP contribution in [0.1, 0.15) is 50.1 Å². The Balaban J connectivity index is 2.63. The Hall–Kier alpha value is -1.77. The van der Waals surface area contributed by atoms with Gasteiger partial charge in [0.2, 0.25) is 0 Å². The normalized spacial score (nSPS) is 11.3. The summed E-state index contributed by atoms with van der Waals surface area (Å²) in [6, 6.07) is 6.44. The van der Waals surface area contributed by atoms with Gasteiger partial charge in [0.05, 0.1) is 0 Å². The van der Waals surface area contributed by atoms with Crippen LogP contribution in [-0.4, -0.2) is 9.55 Å². The van der Waals surface area contributed by atoms with Crippen molar-refractivity contribution in [3.05, 3.63) is 35.2 Å². The van der Waals surface area contributed by atoms with Crippen LogP contribution >= 0.6 is 0 Å². The quantitative estimate of drug-likeness (QED) is 0.901. The van der Waals surface area contributed by atoms with E-state index in [1.165, 1.54) is 11.1 Å². The average Bonchev–Trinajstić information content (AvgIpc) is 2.71. The van der Waals surface area contributed by atoms with Gasteiger partial charge in [-0.25, -0.2) is 4.98 Å². The first-order valence-electron chi connectivity index (χ1n) is 7.39. The van der Waals surface area contributed by atoms with E-state index in [9.17, 15) is 0 Å².